The molecule has 0 aliphatic heterocycles. The summed E-state index contributed by atoms with van der Waals surface area (Å²) in [6.07, 6.45) is 0.764. The van der Waals surface area contributed by atoms with Gasteiger partial charge in [-0.15, -0.1) is 5.73 Å². The zero-order valence-electron chi connectivity index (χ0n) is 10.2. The Morgan fingerprint density at radius 1 is 1.40 bits per heavy atom. The van der Waals surface area contributed by atoms with Crippen LogP contribution in [-0.4, -0.2) is 37.1 Å². The minimum atomic E-state index is -0.326. The Kier molecular flexibility index (Phi) is 6.76. The van der Waals surface area contributed by atoms with Crippen LogP contribution in [0.15, 0.2) is 17.9 Å². The lowest BCUT2D eigenvalue weighted by Crippen LogP contribution is -2.42. The predicted octanol–water partition coefficient (Wildman–Crippen LogP) is 1.99. The Morgan fingerprint density at radius 2 is 1.93 bits per heavy atom. The van der Waals surface area contributed by atoms with Crippen LogP contribution >= 0.6 is 0 Å². The van der Waals surface area contributed by atoms with Crippen molar-refractivity contribution in [2.24, 2.45) is 0 Å². The molecule has 0 bridgehead atoms. The Balaban J connectivity index is 5.02. The highest BCUT2D eigenvalue weighted by molar-refractivity contribution is 5.79. The van der Waals surface area contributed by atoms with Gasteiger partial charge < -0.3 is 4.74 Å². The number of rotatable bonds is 6. The van der Waals surface area contributed by atoms with E-state index in [-0.39, 0.29) is 12.0 Å². The third kappa shape index (κ3) is 3.54. The topological polar surface area (TPSA) is 29.5 Å². The van der Waals surface area contributed by atoms with Crippen LogP contribution in [0, 0.1) is 0 Å². The van der Waals surface area contributed by atoms with E-state index in [0.717, 1.165) is 25.1 Å². The molecule has 0 fully saturated rings. The molecular formula is C12H21NO2. The van der Waals surface area contributed by atoms with Gasteiger partial charge in [0.1, 0.15) is 6.04 Å². The van der Waals surface area contributed by atoms with E-state index in [1.54, 1.807) is 0 Å². The van der Waals surface area contributed by atoms with Crippen molar-refractivity contribution in [3.05, 3.63) is 17.9 Å². The molecule has 1 atom stereocenters. The molecule has 0 saturated carbocycles. The van der Waals surface area contributed by atoms with Gasteiger partial charge >= 0.3 is 5.97 Å². The lowest BCUT2D eigenvalue weighted by Gasteiger charge is -2.28. The average Bonchev–Trinajstić information content (AvgIpc) is 2.28. The third-order valence-corrected chi connectivity index (χ3v) is 2.54. The Hall–Kier alpha value is -1.05. The second kappa shape index (κ2) is 7.27. The minimum Gasteiger partial charge on any atom is -0.468 e. The SMILES string of the molecule is C=C=C(CC)[C@@H](C(=O)OC)N(CC)CC. The molecule has 0 radical (unpaired) electrons. The van der Waals surface area contributed by atoms with E-state index in [1.807, 2.05) is 25.7 Å². The normalized spacial score (nSPS) is 12.1. The summed E-state index contributed by atoms with van der Waals surface area (Å²) in [6, 6.07) is -0.326. The quantitative estimate of drug-likeness (QED) is 0.497. The van der Waals surface area contributed by atoms with E-state index >= 15 is 0 Å². The first-order valence-electron chi connectivity index (χ1n) is 5.36. The molecule has 15 heavy (non-hydrogen) atoms. The van der Waals surface area contributed by atoms with E-state index in [1.165, 1.54) is 7.11 Å². The van der Waals surface area contributed by atoms with Crippen molar-refractivity contribution in [2.75, 3.05) is 20.2 Å². The van der Waals surface area contributed by atoms with Gasteiger partial charge in [0.2, 0.25) is 0 Å². The first kappa shape index (κ1) is 13.9. The van der Waals surface area contributed by atoms with Gasteiger partial charge in [0.05, 0.1) is 7.11 Å². The summed E-state index contributed by atoms with van der Waals surface area (Å²) in [7, 11) is 1.41. The molecule has 0 spiro atoms. The van der Waals surface area contributed by atoms with Crippen LogP contribution in [0.25, 0.3) is 0 Å². The van der Waals surface area contributed by atoms with Crippen LogP contribution in [0.2, 0.25) is 0 Å². The minimum absolute atomic E-state index is 0.230. The van der Waals surface area contributed by atoms with Crippen LogP contribution in [0.4, 0.5) is 0 Å². The average molecular weight is 211 g/mol. The summed E-state index contributed by atoms with van der Waals surface area (Å²) < 4.78 is 4.81. The highest BCUT2D eigenvalue weighted by Crippen LogP contribution is 2.14. The molecule has 0 aliphatic carbocycles. The summed E-state index contributed by atoms with van der Waals surface area (Å²) in [5, 5.41) is 0. The molecular weight excluding hydrogens is 190 g/mol. The summed E-state index contributed by atoms with van der Waals surface area (Å²) >= 11 is 0. The van der Waals surface area contributed by atoms with Crippen molar-refractivity contribution >= 4 is 5.97 Å². The molecule has 0 heterocycles. The number of nitrogens with zero attached hydrogens (tertiary/aromatic N) is 1. The van der Waals surface area contributed by atoms with Gasteiger partial charge in [-0.3, -0.25) is 4.90 Å². The summed E-state index contributed by atoms with van der Waals surface area (Å²) in [4.78, 5) is 13.7. The van der Waals surface area contributed by atoms with Crippen LogP contribution in [0.1, 0.15) is 27.2 Å². The lowest BCUT2D eigenvalue weighted by atomic mass is 10.0. The van der Waals surface area contributed by atoms with E-state index < -0.39 is 0 Å². The summed E-state index contributed by atoms with van der Waals surface area (Å²) in [6.45, 7) is 11.3. The zero-order valence-corrected chi connectivity index (χ0v) is 10.2. The number of carbonyl (C=O) groups is 1. The number of hydrogen-bond donors (Lipinski definition) is 0. The van der Waals surface area contributed by atoms with Crippen LogP contribution < -0.4 is 0 Å². The van der Waals surface area contributed by atoms with Crippen molar-refractivity contribution < 1.29 is 9.53 Å². The van der Waals surface area contributed by atoms with Crippen molar-refractivity contribution in [3.63, 3.8) is 0 Å². The first-order chi connectivity index (χ1) is 7.15. The molecule has 3 heteroatoms. The second-order valence-electron chi connectivity index (χ2n) is 3.20. The summed E-state index contributed by atoms with van der Waals surface area (Å²) in [5.41, 5.74) is 3.73. The number of hydrogen-bond acceptors (Lipinski definition) is 3. The predicted molar refractivity (Wildman–Crippen MR) is 61.7 cm³/mol. The monoisotopic (exact) mass is 211 g/mol. The fourth-order valence-electron chi connectivity index (χ4n) is 1.63. The van der Waals surface area contributed by atoms with Crippen molar-refractivity contribution in [3.8, 4) is 0 Å². The van der Waals surface area contributed by atoms with Crippen LogP contribution in [-0.2, 0) is 9.53 Å². The molecule has 3 nitrogen and oxygen atoms in total. The Bertz CT molecular complexity index is 250. The largest absolute Gasteiger partial charge is 0.468 e. The van der Waals surface area contributed by atoms with Gasteiger partial charge in [-0.1, -0.05) is 27.4 Å². The van der Waals surface area contributed by atoms with Crippen LogP contribution in [0.3, 0.4) is 0 Å². The van der Waals surface area contributed by atoms with Gasteiger partial charge in [-0.2, -0.15) is 0 Å². The van der Waals surface area contributed by atoms with Crippen molar-refractivity contribution in [1.29, 1.82) is 0 Å². The number of methoxy groups -OCH3 is 1. The fourth-order valence-corrected chi connectivity index (χ4v) is 1.63. The van der Waals surface area contributed by atoms with Gasteiger partial charge in [0.25, 0.3) is 0 Å². The number of carbonyl (C=O) groups excluding carboxylic acids is 1. The van der Waals surface area contributed by atoms with Crippen LogP contribution in [0.5, 0.6) is 0 Å². The Morgan fingerprint density at radius 3 is 2.20 bits per heavy atom. The molecule has 0 aromatic heterocycles. The van der Waals surface area contributed by atoms with Gasteiger partial charge in [0, 0.05) is 0 Å². The number of esters is 1. The third-order valence-electron chi connectivity index (χ3n) is 2.54. The standard InChI is InChI=1S/C12H21NO2/c1-6-10(7-2)11(12(14)15-5)13(8-3)9-4/h11H,1,7-9H2,2-5H3/t11-/m0/s1. The van der Waals surface area contributed by atoms with E-state index in [0.29, 0.717) is 0 Å². The molecule has 0 N–H and O–H groups in total. The summed E-state index contributed by atoms with van der Waals surface area (Å²) in [5.74, 6) is -0.230. The molecule has 0 aliphatic rings. The maximum absolute atomic E-state index is 11.7. The van der Waals surface area contributed by atoms with Gasteiger partial charge in [-0.25, -0.2) is 4.79 Å². The maximum atomic E-state index is 11.7. The Labute approximate surface area is 92.4 Å². The molecule has 0 unspecified atom stereocenters. The van der Waals surface area contributed by atoms with E-state index in [4.69, 9.17) is 4.74 Å². The second-order valence-corrected chi connectivity index (χ2v) is 3.20. The maximum Gasteiger partial charge on any atom is 0.328 e. The smallest absolute Gasteiger partial charge is 0.328 e. The highest BCUT2D eigenvalue weighted by Gasteiger charge is 2.27. The fraction of sp³-hybridized carbons (Fsp3) is 0.667. The highest BCUT2D eigenvalue weighted by atomic mass is 16.5. The molecule has 0 rings (SSSR count). The molecule has 86 valence electrons. The van der Waals surface area contributed by atoms with E-state index in [2.05, 4.69) is 12.3 Å². The molecule has 0 saturated heterocycles. The molecule has 0 amide bonds. The van der Waals surface area contributed by atoms with Crippen molar-refractivity contribution in [2.45, 2.75) is 33.2 Å². The van der Waals surface area contributed by atoms with Crippen molar-refractivity contribution in [1.82, 2.24) is 4.90 Å². The van der Waals surface area contributed by atoms with E-state index in [9.17, 15) is 4.79 Å². The zero-order chi connectivity index (χ0) is 11.8. The lowest BCUT2D eigenvalue weighted by molar-refractivity contribution is -0.145. The number of likely N-dealkylation sites (N-methyl/N-ethyl adjacent to an activating group) is 1. The molecule has 0 aromatic rings. The van der Waals surface area contributed by atoms with Gasteiger partial charge in [0.15, 0.2) is 0 Å². The molecule has 0 aromatic carbocycles. The number of ether oxygens (including phenoxy) is 1. The van der Waals surface area contributed by atoms with Gasteiger partial charge in [-0.05, 0) is 25.1 Å². The first-order valence-corrected chi connectivity index (χ1v) is 5.36.